The van der Waals surface area contributed by atoms with E-state index < -0.39 is 16.1 Å². The van der Waals surface area contributed by atoms with Crippen molar-refractivity contribution in [2.24, 2.45) is 0 Å². The summed E-state index contributed by atoms with van der Waals surface area (Å²) < 4.78 is 27.9. The van der Waals surface area contributed by atoms with Crippen molar-refractivity contribution < 1.29 is 18.0 Å². The van der Waals surface area contributed by atoms with E-state index >= 15 is 0 Å². The molecular formula is C21H20ClN3O4S2. The summed E-state index contributed by atoms with van der Waals surface area (Å²) in [6.07, 6.45) is 0.00887. The Balaban J connectivity index is 1.73. The van der Waals surface area contributed by atoms with E-state index in [-0.39, 0.29) is 33.8 Å². The predicted molar refractivity (Wildman–Crippen MR) is 123 cm³/mol. The summed E-state index contributed by atoms with van der Waals surface area (Å²) >= 11 is 7.47. The van der Waals surface area contributed by atoms with Crippen LogP contribution in [0, 0.1) is 0 Å². The lowest BCUT2D eigenvalue weighted by molar-refractivity contribution is -0.120. The maximum absolute atomic E-state index is 12.7. The summed E-state index contributed by atoms with van der Waals surface area (Å²) in [6.45, 7) is 1.39. The van der Waals surface area contributed by atoms with Gasteiger partial charge in [0, 0.05) is 17.5 Å². The largest absolute Gasteiger partial charge is 0.348 e. The first-order chi connectivity index (χ1) is 14.7. The van der Waals surface area contributed by atoms with Crippen molar-refractivity contribution in [1.82, 2.24) is 5.32 Å². The first-order valence-electron chi connectivity index (χ1n) is 9.22. The van der Waals surface area contributed by atoms with Crippen LogP contribution < -0.4 is 15.4 Å². The minimum atomic E-state index is -3.91. The van der Waals surface area contributed by atoms with Crippen LogP contribution in [0.4, 0.5) is 11.4 Å². The number of benzene rings is 2. The molecule has 0 saturated carbocycles. The average molecular weight is 478 g/mol. The van der Waals surface area contributed by atoms with E-state index in [2.05, 4.69) is 15.4 Å². The number of halogens is 1. The fraction of sp³-hybridized carbons (Fsp3) is 0.143. The molecule has 0 aliphatic rings. The fourth-order valence-electron chi connectivity index (χ4n) is 2.84. The Kier molecular flexibility index (Phi) is 7.32. The van der Waals surface area contributed by atoms with Crippen LogP contribution in [-0.2, 0) is 19.6 Å². The highest BCUT2D eigenvalue weighted by molar-refractivity contribution is 7.92. The number of thiophene rings is 1. The number of anilines is 2. The average Bonchev–Trinajstić information content (AvgIpc) is 3.24. The predicted octanol–water partition coefficient (Wildman–Crippen LogP) is 4.41. The van der Waals surface area contributed by atoms with Gasteiger partial charge in [-0.05, 0) is 41.8 Å². The van der Waals surface area contributed by atoms with Gasteiger partial charge < -0.3 is 10.6 Å². The van der Waals surface area contributed by atoms with Crippen molar-refractivity contribution in [2.75, 3.05) is 10.0 Å². The van der Waals surface area contributed by atoms with Crippen LogP contribution in [0.2, 0.25) is 5.02 Å². The number of rotatable bonds is 8. The third-order valence-electron chi connectivity index (χ3n) is 4.20. The Bertz CT molecular complexity index is 1180. The molecule has 3 aromatic rings. The number of carbonyl (C=O) groups excluding carboxylic acids is 2. The monoisotopic (exact) mass is 477 g/mol. The molecule has 31 heavy (non-hydrogen) atoms. The number of carbonyl (C=O) groups is 2. The molecule has 0 fully saturated rings. The molecule has 1 atom stereocenters. The van der Waals surface area contributed by atoms with Crippen LogP contribution in [0.3, 0.4) is 0 Å². The van der Waals surface area contributed by atoms with Crippen molar-refractivity contribution in [1.29, 1.82) is 0 Å². The zero-order valence-electron chi connectivity index (χ0n) is 16.5. The highest BCUT2D eigenvalue weighted by Gasteiger charge is 2.20. The van der Waals surface area contributed by atoms with E-state index in [9.17, 15) is 18.0 Å². The molecule has 7 nitrogen and oxygen atoms in total. The van der Waals surface area contributed by atoms with Gasteiger partial charge in [-0.2, -0.15) is 0 Å². The van der Waals surface area contributed by atoms with Crippen LogP contribution in [0.1, 0.15) is 24.3 Å². The van der Waals surface area contributed by atoms with Gasteiger partial charge in [0.25, 0.3) is 10.0 Å². The van der Waals surface area contributed by atoms with Crippen LogP contribution in [-0.4, -0.2) is 20.2 Å². The van der Waals surface area contributed by atoms with E-state index in [0.29, 0.717) is 5.69 Å². The smallest absolute Gasteiger partial charge is 0.262 e. The number of hydrogen-bond donors (Lipinski definition) is 3. The number of nitrogens with one attached hydrogen (secondary N) is 3. The summed E-state index contributed by atoms with van der Waals surface area (Å²) in [7, 11) is -3.91. The van der Waals surface area contributed by atoms with Gasteiger partial charge in [0.2, 0.25) is 11.8 Å². The van der Waals surface area contributed by atoms with Gasteiger partial charge in [-0.3, -0.25) is 14.3 Å². The Morgan fingerprint density at radius 1 is 1.06 bits per heavy atom. The zero-order chi connectivity index (χ0) is 22.4. The molecule has 1 heterocycles. The molecule has 1 aromatic heterocycles. The molecule has 0 spiro atoms. The molecule has 0 aliphatic heterocycles. The van der Waals surface area contributed by atoms with Crippen molar-refractivity contribution in [2.45, 2.75) is 24.3 Å². The highest BCUT2D eigenvalue weighted by Crippen LogP contribution is 2.26. The molecule has 10 heteroatoms. The Morgan fingerprint density at radius 3 is 2.52 bits per heavy atom. The molecule has 0 saturated heterocycles. The van der Waals surface area contributed by atoms with Gasteiger partial charge in [0.05, 0.1) is 28.1 Å². The molecule has 0 bridgehead atoms. The van der Waals surface area contributed by atoms with Crippen LogP contribution in [0.25, 0.3) is 0 Å². The van der Waals surface area contributed by atoms with Crippen molar-refractivity contribution in [3.8, 4) is 0 Å². The standard InChI is InChI=1S/C21H20ClN3O4S2/c1-14(26)23-19(20-10-5-11-30-20)13-21(27)24-15-6-4-7-16(12-15)31(28,29)25-18-9-3-2-8-17(18)22/h2-12,19,25H,13H2,1H3,(H,23,26)(H,24,27). The minimum absolute atomic E-state index is 0.00887. The molecule has 2 aromatic carbocycles. The number of hydrogen-bond acceptors (Lipinski definition) is 5. The summed E-state index contributed by atoms with van der Waals surface area (Å²) in [5.41, 5.74) is 0.576. The van der Waals surface area contributed by atoms with Gasteiger partial charge in [-0.15, -0.1) is 11.3 Å². The zero-order valence-corrected chi connectivity index (χ0v) is 18.9. The first kappa shape index (κ1) is 22.8. The van der Waals surface area contributed by atoms with E-state index in [1.807, 2.05) is 17.5 Å². The molecule has 162 valence electrons. The normalized spacial score (nSPS) is 12.1. The lowest BCUT2D eigenvalue weighted by Gasteiger charge is -2.16. The van der Waals surface area contributed by atoms with Crippen LogP contribution >= 0.6 is 22.9 Å². The molecule has 0 radical (unpaired) electrons. The van der Waals surface area contributed by atoms with E-state index in [0.717, 1.165) is 4.88 Å². The number of para-hydroxylation sites is 1. The topological polar surface area (TPSA) is 104 Å². The maximum atomic E-state index is 12.7. The quantitative estimate of drug-likeness (QED) is 0.447. The Morgan fingerprint density at radius 2 is 1.84 bits per heavy atom. The van der Waals surface area contributed by atoms with Crippen LogP contribution in [0.15, 0.2) is 70.9 Å². The second-order valence-corrected chi connectivity index (χ2v) is 9.70. The maximum Gasteiger partial charge on any atom is 0.262 e. The molecular weight excluding hydrogens is 458 g/mol. The van der Waals surface area contributed by atoms with Crippen molar-refractivity contribution >= 4 is 56.2 Å². The lowest BCUT2D eigenvalue weighted by Crippen LogP contribution is -2.29. The van der Waals surface area contributed by atoms with Gasteiger partial charge in [0.15, 0.2) is 0 Å². The lowest BCUT2D eigenvalue weighted by atomic mass is 10.1. The third-order valence-corrected chi connectivity index (χ3v) is 6.88. The van der Waals surface area contributed by atoms with Crippen molar-refractivity contribution in [3.63, 3.8) is 0 Å². The van der Waals surface area contributed by atoms with Gasteiger partial charge in [0.1, 0.15) is 0 Å². The Hall–Kier alpha value is -2.88. The van der Waals surface area contributed by atoms with E-state index in [4.69, 9.17) is 11.6 Å². The summed E-state index contributed by atoms with van der Waals surface area (Å²) in [4.78, 5) is 24.9. The summed E-state index contributed by atoms with van der Waals surface area (Å²) in [5, 5.41) is 7.59. The number of sulfonamides is 1. The highest BCUT2D eigenvalue weighted by atomic mass is 35.5. The van der Waals surface area contributed by atoms with Crippen LogP contribution in [0.5, 0.6) is 0 Å². The van der Waals surface area contributed by atoms with Gasteiger partial charge in [-0.25, -0.2) is 8.42 Å². The van der Waals surface area contributed by atoms with Crippen molar-refractivity contribution in [3.05, 3.63) is 75.9 Å². The molecule has 3 N–H and O–H groups in total. The number of amides is 2. The Labute approximate surface area is 189 Å². The molecule has 2 amide bonds. The molecule has 3 rings (SSSR count). The van der Waals surface area contributed by atoms with Gasteiger partial charge >= 0.3 is 0 Å². The SMILES string of the molecule is CC(=O)NC(CC(=O)Nc1cccc(S(=O)(=O)Nc2ccccc2Cl)c1)c1cccs1. The van der Waals surface area contributed by atoms with E-state index in [1.165, 1.54) is 36.5 Å². The van der Waals surface area contributed by atoms with Gasteiger partial charge in [-0.1, -0.05) is 35.9 Å². The first-order valence-corrected chi connectivity index (χ1v) is 12.0. The second-order valence-electron chi connectivity index (χ2n) is 6.63. The second kappa shape index (κ2) is 9.95. The minimum Gasteiger partial charge on any atom is -0.348 e. The summed E-state index contributed by atoms with van der Waals surface area (Å²) in [6, 6.07) is 15.6. The third kappa shape index (κ3) is 6.30. The van der Waals surface area contributed by atoms with E-state index in [1.54, 1.807) is 30.3 Å². The summed E-state index contributed by atoms with van der Waals surface area (Å²) in [5.74, 6) is -0.606. The molecule has 1 unspecified atom stereocenters. The fourth-order valence-corrected chi connectivity index (χ4v) is 4.99. The molecule has 0 aliphatic carbocycles.